The Morgan fingerprint density at radius 1 is 1.08 bits per heavy atom. The van der Waals surface area contributed by atoms with Gasteiger partial charge in [0.25, 0.3) is 5.91 Å². The summed E-state index contributed by atoms with van der Waals surface area (Å²) in [5, 5.41) is 3.03. The molecule has 0 bridgehead atoms. The first-order valence-corrected chi connectivity index (χ1v) is 8.04. The molecule has 1 amide bonds. The van der Waals surface area contributed by atoms with Gasteiger partial charge < -0.3 is 14.8 Å². The topological polar surface area (TPSA) is 47.6 Å². The Labute approximate surface area is 145 Å². The summed E-state index contributed by atoms with van der Waals surface area (Å²) in [7, 11) is 0. The molecule has 0 aliphatic carbocycles. The Kier molecular flexibility index (Phi) is 6.44. The zero-order chi connectivity index (χ0) is 17.5. The van der Waals surface area contributed by atoms with Crippen molar-refractivity contribution in [2.45, 2.75) is 20.4 Å². The largest absolute Gasteiger partial charge is 0.490 e. The van der Waals surface area contributed by atoms with Crippen LogP contribution in [-0.4, -0.2) is 19.1 Å². The van der Waals surface area contributed by atoms with E-state index < -0.39 is 5.82 Å². The molecule has 6 heteroatoms. The number of rotatable bonds is 7. The summed E-state index contributed by atoms with van der Waals surface area (Å²) < 4.78 is 24.0. The summed E-state index contributed by atoms with van der Waals surface area (Å²) in [5.74, 6) is 0.423. The molecule has 0 radical (unpaired) electrons. The third kappa shape index (κ3) is 4.61. The highest BCUT2D eigenvalue weighted by molar-refractivity contribution is 6.31. The highest BCUT2D eigenvalue weighted by Crippen LogP contribution is 2.28. The molecule has 0 aliphatic rings. The van der Waals surface area contributed by atoms with Gasteiger partial charge in [0.2, 0.25) is 0 Å². The summed E-state index contributed by atoms with van der Waals surface area (Å²) in [5.41, 5.74) is 1.09. The van der Waals surface area contributed by atoms with Gasteiger partial charge in [-0.1, -0.05) is 17.7 Å². The average molecular weight is 352 g/mol. The Morgan fingerprint density at radius 3 is 2.46 bits per heavy atom. The molecule has 1 N–H and O–H groups in total. The lowest BCUT2D eigenvalue weighted by molar-refractivity contribution is 0.0950. The van der Waals surface area contributed by atoms with Gasteiger partial charge in [0, 0.05) is 17.1 Å². The fraction of sp³-hybridized carbons (Fsp3) is 0.278. The molecule has 128 valence electrons. The van der Waals surface area contributed by atoms with Gasteiger partial charge in [0.05, 0.1) is 13.2 Å². The van der Waals surface area contributed by atoms with Gasteiger partial charge in [-0.25, -0.2) is 4.39 Å². The number of amides is 1. The van der Waals surface area contributed by atoms with E-state index in [9.17, 15) is 9.18 Å². The van der Waals surface area contributed by atoms with E-state index >= 15 is 0 Å². The van der Waals surface area contributed by atoms with Crippen LogP contribution in [0.15, 0.2) is 36.4 Å². The van der Waals surface area contributed by atoms with E-state index in [1.54, 1.807) is 24.3 Å². The minimum absolute atomic E-state index is 0.203. The zero-order valence-corrected chi connectivity index (χ0v) is 14.3. The first-order chi connectivity index (χ1) is 11.5. The number of hydrogen-bond acceptors (Lipinski definition) is 3. The van der Waals surface area contributed by atoms with E-state index in [4.69, 9.17) is 21.1 Å². The summed E-state index contributed by atoms with van der Waals surface area (Å²) in [6.45, 7) is 4.92. The first kappa shape index (κ1) is 18.1. The smallest absolute Gasteiger partial charge is 0.251 e. The number of carbonyl (C=O) groups is 1. The molecule has 2 aromatic rings. The number of ether oxygens (including phenoxy) is 2. The second-order valence-electron chi connectivity index (χ2n) is 4.95. The molecule has 2 rings (SSSR count). The lowest BCUT2D eigenvalue weighted by Gasteiger charge is -2.12. The van der Waals surface area contributed by atoms with E-state index in [1.807, 2.05) is 13.8 Å². The monoisotopic (exact) mass is 351 g/mol. The number of nitrogens with one attached hydrogen (secondary N) is 1. The van der Waals surface area contributed by atoms with Crippen LogP contribution in [0.25, 0.3) is 0 Å². The number of hydrogen-bond donors (Lipinski definition) is 1. The predicted octanol–water partition coefficient (Wildman–Crippen LogP) is 4.21. The summed E-state index contributed by atoms with van der Waals surface area (Å²) in [6, 6.07) is 9.06. The maximum Gasteiger partial charge on any atom is 0.251 e. The van der Waals surface area contributed by atoms with Gasteiger partial charge in [0.1, 0.15) is 5.82 Å². The van der Waals surface area contributed by atoms with Crippen molar-refractivity contribution in [2.24, 2.45) is 0 Å². The van der Waals surface area contributed by atoms with Crippen molar-refractivity contribution >= 4 is 17.5 Å². The van der Waals surface area contributed by atoms with Crippen molar-refractivity contribution in [2.75, 3.05) is 13.2 Å². The van der Waals surface area contributed by atoms with Crippen molar-refractivity contribution in [3.05, 3.63) is 58.4 Å². The molecule has 0 saturated carbocycles. The fourth-order valence-corrected chi connectivity index (χ4v) is 2.37. The van der Waals surface area contributed by atoms with Crippen molar-refractivity contribution in [3.8, 4) is 11.5 Å². The highest BCUT2D eigenvalue weighted by atomic mass is 35.5. The molecule has 0 heterocycles. The number of carbonyl (C=O) groups excluding carboxylic acids is 1. The molecule has 0 fully saturated rings. The predicted molar refractivity (Wildman–Crippen MR) is 91.4 cm³/mol. The van der Waals surface area contributed by atoms with Crippen LogP contribution in [0, 0.1) is 5.82 Å². The molecule has 0 aliphatic heterocycles. The van der Waals surface area contributed by atoms with Gasteiger partial charge >= 0.3 is 0 Å². The molecule has 0 unspecified atom stereocenters. The van der Waals surface area contributed by atoms with Crippen LogP contribution in [-0.2, 0) is 6.54 Å². The SMILES string of the molecule is CCOc1ccc(C(=O)NCc2ccc(F)cc2Cl)cc1OCC. The second kappa shape index (κ2) is 8.55. The number of halogens is 2. The van der Waals surface area contributed by atoms with Crippen LogP contribution in [0.3, 0.4) is 0 Å². The standard InChI is InChI=1S/C18H19ClFNO3/c1-3-23-16-8-6-12(9-17(16)24-4-2)18(22)21-11-13-5-7-14(20)10-15(13)19/h5-10H,3-4,11H2,1-2H3,(H,21,22). The molecule has 0 aromatic heterocycles. The summed E-state index contributed by atoms with van der Waals surface area (Å²) in [4.78, 5) is 12.3. The molecule has 0 saturated heterocycles. The number of benzene rings is 2. The normalized spacial score (nSPS) is 10.3. The van der Waals surface area contributed by atoms with Gasteiger partial charge in [-0.05, 0) is 49.7 Å². The van der Waals surface area contributed by atoms with Crippen LogP contribution in [0.1, 0.15) is 29.8 Å². The quantitative estimate of drug-likeness (QED) is 0.813. The minimum Gasteiger partial charge on any atom is -0.490 e. The Morgan fingerprint density at radius 2 is 1.79 bits per heavy atom. The van der Waals surface area contributed by atoms with Gasteiger partial charge in [0.15, 0.2) is 11.5 Å². The molecule has 0 atom stereocenters. The average Bonchev–Trinajstić information content (AvgIpc) is 2.56. The molecule has 2 aromatic carbocycles. The first-order valence-electron chi connectivity index (χ1n) is 7.67. The van der Waals surface area contributed by atoms with Gasteiger partial charge in [-0.15, -0.1) is 0 Å². The summed E-state index contributed by atoms with van der Waals surface area (Å²) in [6.07, 6.45) is 0. The van der Waals surface area contributed by atoms with Crippen molar-refractivity contribution in [1.29, 1.82) is 0 Å². The van der Waals surface area contributed by atoms with Crippen LogP contribution >= 0.6 is 11.6 Å². The van der Waals surface area contributed by atoms with E-state index in [2.05, 4.69) is 5.32 Å². The second-order valence-corrected chi connectivity index (χ2v) is 5.35. The third-order valence-corrected chi connectivity index (χ3v) is 3.61. The Hall–Kier alpha value is -2.27. The van der Waals surface area contributed by atoms with Crippen LogP contribution in [0.4, 0.5) is 4.39 Å². The maximum atomic E-state index is 13.0. The van der Waals surface area contributed by atoms with E-state index in [1.165, 1.54) is 12.1 Å². The van der Waals surface area contributed by atoms with E-state index in [0.29, 0.717) is 35.8 Å². The molecular weight excluding hydrogens is 333 g/mol. The van der Waals surface area contributed by atoms with E-state index in [-0.39, 0.29) is 17.5 Å². The van der Waals surface area contributed by atoms with Crippen LogP contribution < -0.4 is 14.8 Å². The molecular formula is C18H19ClFNO3. The van der Waals surface area contributed by atoms with Crippen molar-refractivity contribution in [3.63, 3.8) is 0 Å². The maximum absolute atomic E-state index is 13.0. The van der Waals surface area contributed by atoms with Gasteiger partial charge in [-0.2, -0.15) is 0 Å². The fourth-order valence-electron chi connectivity index (χ4n) is 2.13. The van der Waals surface area contributed by atoms with E-state index in [0.717, 1.165) is 0 Å². The summed E-state index contributed by atoms with van der Waals surface area (Å²) >= 11 is 5.95. The Balaban J connectivity index is 2.10. The third-order valence-electron chi connectivity index (χ3n) is 3.26. The lowest BCUT2D eigenvalue weighted by Crippen LogP contribution is -2.23. The molecule has 4 nitrogen and oxygen atoms in total. The Bertz CT molecular complexity index is 721. The van der Waals surface area contributed by atoms with Gasteiger partial charge in [-0.3, -0.25) is 4.79 Å². The van der Waals surface area contributed by atoms with Crippen LogP contribution in [0.2, 0.25) is 5.02 Å². The van der Waals surface area contributed by atoms with Crippen LogP contribution in [0.5, 0.6) is 11.5 Å². The van der Waals surface area contributed by atoms with Crippen molar-refractivity contribution in [1.82, 2.24) is 5.32 Å². The lowest BCUT2D eigenvalue weighted by atomic mass is 10.1. The van der Waals surface area contributed by atoms with Crippen molar-refractivity contribution < 1.29 is 18.7 Å². The minimum atomic E-state index is -0.414. The zero-order valence-electron chi connectivity index (χ0n) is 13.6. The molecule has 24 heavy (non-hydrogen) atoms. The highest BCUT2D eigenvalue weighted by Gasteiger charge is 2.12. The molecule has 0 spiro atoms.